The van der Waals surface area contributed by atoms with Crippen LogP contribution in [-0.2, 0) is 28.9 Å². The minimum atomic E-state index is -0.457. The quantitative estimate of drug-likeness (QED) is 0.493. The second kappa shape index (κ2) is 9.48. The molecule has 8 heteroatoms. The lowest BCUT2D eigenvalue weighted by Gasteiger charge is -2.20. The first-order chi connectivity index (χ1) is 15.4. The Morgan fingerprint density at radius 3 is 2.69 bits per heavy atom. The zero-order chi connectivity index (χ0) is 22.7. The number of carbonyl (C=O) groups excluding carboxylic acids is 2. The first-order valence-corrected chi connectivity index (χ1v) is 11.2. The van der Waals surface area contributed by atoms with Crippen LogP contribution in [0.3, 0.4) is 0 Å². The highest BCUT2D eigenvalue weighted by molar-refractivity contribution is 7.17. The number of ether oxygens (including phenoxy) is 2. The summed E-state index contributed by atoms with van der Waals surface area (Å²) >= 11 is 1.12. The van der Waals surface area contributed by atoms with Gasteiger partial charge < -0.3 is 9.47 Å². The summed E-state index contributed by atoms with van der Waals surface area (Å²) in [6, 6.07) is 11.7. The first kappa shape index (κ1) is 22.0. The maximum absolute atomic E-state index is 13.4. The number of aryl methyl sites for hydroxylation is 1. The Bertz CT molecular complexity index is 1140. The van der Waals surface area contributed by atoms with Gasteiger partial charge in [0, 0.05) is 6.42 Å². The van der Waals surface area contributed by atoms with Gasteiger partial charge >= 0.3 is 5.97 Å². The SMILES string of the molecule is CCOC(=O)c1sc(N(Cc2ccc(F)cc2)C(=O)Cc2ccc3c(c2)CCO3)nc1C. The van der Waals surface area contributed by atoms with Gasteiger partial charge in [0.05, 0.1) is 31.9 Å². The number of esters is 1. The van der Waals surface area contributed by atoms with Crippen molar-refractivity contribution in [2.45, 2.75) is 33.2 Å². The summed E-state index contributed by atoms with van der Waals surface area (Å²) in [5, 5.41) is 0.407. The van der Waals surface area contributed by atoms with Crippen molar-refractivity contribution >= 4 is 28.3 Å². The zero-order valence-electron chi connectivity index (χ0n) is 17.9. The predicted molar refractivity (Wildman–Crippen MR) is 120 cm³/mol. The number of thiazole rings is 1. The molecule has 32 heavy (non-hydrogen) atoms. The molecule has 4 rings (SSSR count). The highest BCUT2D eigenvalue weighted by Gasteiger charge is 2.25. The zero-order valence-corrected chi connectivity index (χ0v) is 18.7. The molecular weight excluding hydrogens is 431 g/mol. The lowest BCUT2D eigenvalue weighted by atomic mass is 10.1. The third kappa shape index (κ3) is 4.80. The van der Waals surface area contributed by atoms with Crippen molar-refractivity contribution in [1.82, 2.24) is 4.98 Å². The Hall–Kier alpha value is -3.26. The van der Waals surface area contributed by atoms with Crippen molar-refractivity contribution in [1.29, 1.82) is 0 Å². The number of anilines is 1. The average molecular weight is 455 g/mol. The number of amides is 1. The maximum atomic E-state index is 13.4. The molecule has 0 fully saturated rings. The van der Waals surface area contributed by atoms with Gasteiger partial charge in [-0.25, -0.2) is 14.2 Å². The molecule has 0 N–H and O–H groups in total. The molecule has 6 nitrogen and oxygen atoms in total. The van der Waals surface area contributed by atoms with Crippen LogP contribution in [0.1, 0.15) is 39.0 Å². The Kier molecular flexibility index (Phi) is 6.50. The number of halogens is 1. The van der Waals surface area contributed by atoms with Gasteiger partial charge in [0.1, 0.15) is 16.4 Å². The van der Waals surface area contributed by atoms with Crippen LogP contribution in [0.15, 0.2) is 42.5 Å². The van der Waals surface area contributed by atoms with E-state index < -0.39 is 5.97 Å². The molecule has 0 radical (unpaired) electrons. The van der Waals surface area contributed by atoms with Crippen LogP contribution in [0.5, 0.6) is 5.75 Å². The molecule has 0 saturated heterocycles. The summed E-state index contributed by atoms with van der Waals surface area (Å²) in [6.45, 7) is 4.57. The van der Waals surface area contributed by atoms with E-state index in [0.717, 1.165) is 40.2 Å². The summed E-state index contributed by atoms with van der Waals surface area (Å²) in [5.74, 6) is -0.112. The van der Waals surface area contributed by atoms with Crippen LogP contribution < -0.4 is 9.64 Å². The second-order valence-corrected chi connectivity index (χ2v) is 8.43. The van der Waals surface area contributed by atoms with Gasteiger partial charge in [0.15, 0.2) is 5.13 Å². The fourth-order valence-electron chi connectivity index (χ4n) is 3.54. The molecule has 0 spiro atoms. The van der Waals surface area contributed by atoms with E-state index >= 15 is 0 Å². The van der Waals surface area contributed by atoms with E-state index in [2.05, 4.69) is 4.98 Å². The largest absolute Gasteiger partial charge is 0.493 e. The number of carbonyl (C=O) groups is 2. The van der Waals surface area contributed by atoms with Crippen LogP contribution >= 0.6 is 11.3 Å². The fourth-order valence-corrected chi connectivity index (χ4v) is 4.52. The van der Waals surface area contributed by atoms with Gasteiger partial charge in [-0.05, 0) is 48.7 Å². The summed E-state index contributed by atoms with van der Waals surface area (Å²) in [7, 11) is 0. The summed E-state index contributed by atoms with van der Waals surface area (Å²) in [5.41, 5.74) is 3.24. The molecule has 0 bridgehead atoms. The first-order valence-electron chi connectivity index (χ1n) is 10.4. The van der Waals surface area contributed by atoms with Crippen LogP contribution in [0.4, 0.5) is 9.52 Å². The molecular formula is C24H23FN2O4S. The third-order valence-corrected chi connectivity index (χ3v) is 6.30. The second-order valence-electron chi connectivity index (χ2n) is 7.46. The maximum Gasteiger partial charge on any atom is 0.350 e. The lowest BCUT2D eigenvalue weighted by Crippen LogP contribution is -2.31. The van der Waals surface area contributed by atoms with Gasteiger partial charge in [-0.15, -0.1) is 0 Å². The van der Waals surface area contributed by atoms with Crippen LogP contribution in [0.2, 0.25) is 0 Å². The van der Waals surface area contributed by atoms with Crippen LogP contribution in [-0.4, -0.2) is 30.1 Å². The van der Waals surface area contributed by atoms with E-state index in [1.807, 2.05) is 18.2 Å². The number of fused-ring (bicyclic) bond motifs is 1. The smallest absolute Gasteiger partial charge is 0.350 e. The van der Waals surface area contributed by atoms with Gasteiger partial charge in [-0.3, -0.25) is 9.69 Å². The third-order valence-electron chi connectivity index (χ3n) is 5.14. The van der Waals surface area contributed by atoms with Crippen molar-refractivity contribution in [2.75, 3.05) is 18.1 Å². The molecule has 1 amide bonds. The normalized spacial score (nSPS) is 12.2. The van der Waals surface area contributed by atoms with Crippen LogP contribution in [0, 0.1) is 12.7 Å². The number of rotatable bonds is 7. The fraction of sp³-hybridized carbons (Fsp3) is 0.292. The number of nitrogens with zero attached hydrogens (tertiary/aromatic N) is 2. The summed E-state index contributed by atoms with van der Waals surface area (Å²) in [6.07, 6.45) is 0.993. The Morgan fingerprint density at radius 1 is 1.19 bits per heavy atom. The van der Waals surface area contributed by atoms with Gasteiger partial charge in [-0.2, -0.15) is 0 Å². The molecule has 2 heterocycles. The molecule has 1 aromatic heterocycles. The van der Waals surface area contributed by atoms with Crippen molar-refractivity contribution in [3.63, 3.8) is 0 Å². The van der Waals surface area contributed by atoms with E-state index in [9.17, 15) is 14.0 Å². The molecule has 3 aromatic rings. The molecule has 0 aliphatic carbocycles. The lowest BCUT2D eigenvalue weighted by molar-refractivity contribution is -0.118. The molecule has 1 aliphatic rings. The minimum Gasteiger partial charge on any atom is -0.493 e. The van der Waals surface area contributed by atoms with Gasteiger partial charge in [0.25, 0.3) is 0 Å². The number of hydrogen-bond donors (Lipinski definition) is 0. The van der Waals surface area contributed by atoms with E-state index in [4.69, 9.17) is 9.47 Å². The monoisotopic (exact) mass is 454 g/mol. The van der Waals surface area contributed by atoms with E-state index in [1.165, 1.54) is 17.0 Å². The Balaban J connectivity index is 1.62. The van der Waals surface area contributed by atoms with Crippen molar-refractivity contribution < 1.29 is 23.5 Å². The van der Waals surface area contributed by atoms with Gasteiger partial charge in [0.2, 0.25) is 5.91 Å². The predicted octanol–water partition coefficient (Wildman–Crippen LogP) is 4.48. The van der Waals surface area contributed by atoms with E-state index in [-0.39, 0.29) is 31.3 Å². The summed E-state index contributed by atoms with van der Waals surface area (Å²) < 4.78 is 24.0. The molecule has 0 saturated carbocycles. The Labute approximate surface area is 189 Å². The standard InChI is InChI=1S/C24H23FN2O4S/c1-3-30-23(29)22-15(2)26-24(32-22)27(14-16-4-7-19(25)8-5-16)21(28)13-17-6-9-20-18(12-17)10-11-31-20/h4-9,12H,3,10-11,13-14H2,1-2H3. The topological polar surface area (TPSA) is 68.7 Å². The molecule has 0 atom stereocenters. The van der Waals surface area contributed by atoms with Crippen molar-refractivity contribution in [2.24, 2.45) is 0 Å². The Morgan fingerprint density at radius 2 is 1.94 bits per heavy atom. The van der Waals surface area contributed by atoms with Crippen LogP contribution in [0.25, 0.3) is 0 Å². The van der Waals surface area contributed by atoms with E-state index in [1.54, 1.807) is 26.0 Å². The molecule has 166 valence electrons. The molecule has 0 unspecified atom stereocenters. The molecule has 1 aliphatic heterocycles. The van der Waals surface area contributed by atoms with E-state index in [0.29, 0.717) is 22.3 Å². The van der Waals surface area contributed by atoms with Crippen molar-refractivity contribution in [3.05, 3.63) is 75.5 Å². The summed E-state index contributed by atoms with van der Waals surface area (Å²) in [4.78, 5) is 32.0. The number of hydrogen-bond acceptors (Lipinski definition) is 6. The minimum absolute atomic E-state index is 0.168. The van der Waals surface area contributed by atoms with Gasteiger partial charge in [-0.1, -0.05) is 35.6 Å². The molecule has 2 aromatic carbocycles. The average Bonchev–Trinajstić information content (AvgIpc) is 3.39. The highest BCUT2D eigenvalue weighted by Crippen LogP contribution is 2.30. The van der Waals surface area contributed by atoms with Crippen molar-refractivity contribution in [3.8, 4) is 5.75 Å². The highest BCUT2D eigenvalue weighted by atomic mass is 32.1. The number of benzene rings is 2. The number of aromatic nitrogens is 1.